The Bertz CT molecular complexity index is 811. The molecule has 0 aliphatic heterocycles. The molecule has 2 aromatic heterocycles. The Balaban J connectivity index is 2.05. The van der Waals surface area contributed by atoms with Gasteiger partial charge in [-0.15, -0.1) is 0 Å². The van der Waals surface area contributed by atoms with E-state index in [0.29, 0.717) is 11.6 Å². The van der Waals surface area contributed by atoms with Crippen LogP contribution in [0.25, 0.3) is 16.9 Å². The van der Waals surface area contributed by atoms with E-state index in [-0.39, 0.29) is 5.69 Å². The first-order chi connectivity index (χ1) is 9.34. The smallest absolute Gasteiger partial charge is 0.304 e. The first kappa shape index (κ1) is 10.6. The van der Waals surface area contributed by atoms with E-state index in [9.17, 15) is 4.79 Å². The lowest BCUT2D eigenvalue weighted by Crippen LogP contribution is -2.16. The van der Waals surface area contributed by atoms with Crippen molar-refractivity contribution in [2.24, 2.45) is 0 Å². The van der Waals surface area contributed by atoms with Gasteiger partial charge in [0.15, 0.2) is 5.65 Å². The molecule has 94 valence electrons. The number of nitrogens with one attached hydrogen (secondary N) is 1. The number of nitrogens with zero attached hydrogens (tertiary/aromatic N) is 2. The molecule has 3 aromatic rings. The van der Waals surface area contributed by atoms with Crippen LogP contribution in [0.5, 0.6) is 0 Å². The molecule has 1 aromatic carbocycles. The third kappa shape index (κ3) is 1.60. The topological polar surface area (TPSA) is 50.7 Å². The van der Waals surface area contributed by atoms with Crippen molar-refractivity contribution in [1.29, 1.82) is 0 Å². The van der Waals surface area contributed by atoms with E-state index in [2.05, 4.69) is 16.0 Å². The summed E-state index contributed by atoms with van der Waals surface area (Å²) in [7, 11) is 0. The summed E-state index contributed by atoms with van der Waals surface area (Å²) in [6, 6.07) is 11.8. The minimum atomic E-state index is -0.123. The van der Waals surface area contributed by atoms with Crippen LogP contribution in [0, 0.1) is 0 Å². The number of hydrogen-bond acceptors (Lipinski definition) is 2. The van der Waals surface area contributed by atoms with Crippen molar-refractivity contribution in [2.45, 2.75) is 18.8 Å². The van der Waals surface area contributed by atoms with Gasteiger partial charge in [-0.3, -0.25) is 0 Å². The third-order valence-electron chi connectivity index (χ3n) is 3.64. The minimum Gasteiger partial charge on any atom is -0.304 e. The van der Waals surface area contributed by atoms with Gasteiger partial charge in [0.05, 0.1) is 11.2 Å². The van der Waals surface area contributed by atoms with Gasteiger partial charge in [-0.05, 0) is 42.5 Å². The fourth-order valence-electron chi connectivity index (χ4n) is 2.59. The van der Waals surface area contributed by atoms with Crippen LogP contribution >= 0.6 is 0 Å². The average Bonchev–Trinajstić information content (AvgIpc) is 3.21. The summed E-state index contributed by atoms with van der Waals surface area (Å²) in [6.45, 7) is 0. The van der Waals surface area contributed by atoms with Gasteiger partial charge < -0.3 is 4.98 Å². The molecule has 1 N–H and O–H groups in total. The Hall–Kier alpha value is -2.36. The molecule has 4 nitrogen and oxygen atoms in total. The molecule has 2 heterocycles. The summed E-state index contributed by atoms with van der Waals surface area (Å²) in [4.78, 5) is 19.4. The molecule has 0 amide bonds. The van der Waals surface area contributed by atoms with Crippen LogP contribution in [0.2, 0.25) is 0 Å². The number of para-hydroxylation sites is 1. The molecule has 19 heavy (non-hydrogen) atoms. The standard InChI is InChI=1S/C15H13N3O/c19-15-17-12-5-3-9-16-14(12)18(15)13-6-2-1-4-11(13)10-7-8-10/h1-6,9-10H,7-8H2,(H,17,19). The third-order valence-corrected chi connectivity index (χ3v) is 3.64. The van der Waals surface area contributed by atoms with Crippen LogP contribution in [-0.2, 0) is 0 Å². The maximum Gasteiger partial charge on any atom is 0.332 e. The molecule has 4 rings (SSSR count). The number of aromatic nitrogens is 3. The number of aromatic amines is 1. The van der Waals surface area contributed by atoms with Gasteiger partial charge in [0.25, 0.3) is 0 Å². The van der Waals surface area contributed by atoms with Crippen molar-refractivity contribution in [2.75, 3.05) is 0 Å². The normalized spacial score (nSPS) is 14.9. The fraction of sp³-hybridized carbons (Fsp3) is 0.200. The summed E-state index contributed by atoms with van der Waals surface area (Å²) < 4.78 is 1.68. The van der Waals surface area contributed by atoms with Crippen LogP contribution in [0.1, 0.15) is 24.3 Å². The highest BCUT2D eigenvalue weighted by atomic mass is 16.1. The predicted octanol–water partition coefficient (Wildman–Crippen LogP) is 2.59. The monoisotopic (exact) mass is 251 g/mol. The second kappa shape index (κ2) is 3.82. The molecular formula is C15H13N3O. The summed E-state index contributed by atoms with van der Waals surface area (Å²) in [6.07, 6.45) is 4.13. The number of benzene rings is 1. The van der Waals surface area contributed by atoms with Crippen molar-refractivity contribution in [3.8, 4) is 5.69 Å². The molecule has 0 atom stereocenters. The Morgan fingerprint density at radius 3 is 2.84 bits per heavy atom. The van der Waals surface area contributed by atoms with E-state index in [0.717, 1.165) is 11.2 Å². The van der Waals surface area contributed by atoms with Gasteiger partial charge in [-0.25, -0.2) is 14.3 Å². The van der Waals surface area contributed by atoms with Gasteiger partial charge in [0.1, 0.15) is 0 Å². The van der Waals surface area contributed by atoms with Crippen LogP contribution in [-0.4, -0.2) is 14.5 Å². The Labute approximate surface area is 109 Å². The largest absolute Gasteiger partial charge is 0.332 e. The van der Waals surface area contributed by atoms with Crippen LogP contribution in [0.15, 0.2) is 47.4 Å². The minimum absolute atomic E-state index is 0.123. The van der Waals surface area contributed by atoms with Crippen molar-refractivity contribution in [3.63, 3.8) is 0 Å². The number of imidazole rings is 1. The second-order valence-electron chi connectivity index (χ2n) is 4.97. The zero-order chi connectivity index (χ0) is 12.8. The van der Waals surface area contributed by atoms with Gasteiger partial charge in [0.2, 0.25) is 0 Å². The Kier molecular flexibility index (Phi) is 2.12. The van der Waals surface area contributed by atoms with E-state index in [1.54, 1.807) is 10.8 Å². The highest BCUT2D eigenvalue weighted by Crippen LogP contribution is 2.42. The number of pyridine rings is 1. The highest BCUT2D eigenvalue weighted by molar-refractivity contribution is 5.73. The van der Waals surface area contributed by atoms with Crippen LogP contribution in [0.3, 0.4) is 0 Å². The molecule has 0 unspecified atom stereocenters. The van der Waals surface area contributed by atoms with Crippen molar-refractivity contribution in [3.05, 3.63) is 58.6 Å². The maximum atomic E-state index is 12.2. The summed E-state index contributed by atoms with van der Waals surface area (Å²) >= 11 is 0. The molecular weight excluding hydrogens is 238 g/mol. The lowest BCUT2D eigenvalue weighted by Gasteiger charge is -2.08. The van der Waals surface area contributed by atoms with Gasteiger partial charge in [0, 0.05) is 6.20 Å². The van der Waals surface area contributed by atoms with Crippen molar-refractivity contribution in [1.82, 2.24) is 14.5 Å². The van der Waals surface area contributed by atoms with E-state index in [1.165, 1.54) is 18.4 Å². The van der Waals surface area contributed by atoms with Crippen LogP contribution in [0.4, 0.5) is 0 Å². The zero-order valence-electron chi connectivity index (χ0n) is 10.3. The molecule has 1 saturated carbocycles. The molecule has 1 aliphatic carbocycles. The number of H-pyrrole nitrogens is 1. The van der Waals surface area contributed by atoms with E-state index >= 15 is 0 Å². The van der Waals surface area contributed by atoms with Crippen molar-refractivity contribution >= 4 is 11.2 Å². The molecule has 0 saturated heterocycles. The summed E-state index contributed by atoms with van der Waals surface area (Å²) in [5.41, 5.74) is 3.55. The number of hydrogen-bond donors (Lipinski definition) is 1. The van der Waals surface area contributed by atoms with Crippen molar-refractivity contribution < 1.29 is 0 Å². The quantitative estimate of drug-likeness (QED) is 0.761. The summed E-state index contributed by atoms with van der Waals surface area (Å²) in [5.74, 6) is 0.594. The Morgan fingerprint density at radius 2 is 2.00 bits per heavy atom. The van der Waals surface area contributed by atoms with Gasteiger partial charge in [-0.1, -0.05) is 18.2 Å². The summed E-state index contributed by atoms with van der Waals surface area (Å²) in [5, 5.41) is 0. The molecule has 4 heteroatoms. The molecule has 0 radical (unpaired) electrons. The number of rotatable bonds is 2. The maximum absolute atomic E-state index is 12.2. The van der Waals surface area contributed by atoms with E-state index < -0.39 is 0 Å². The lowest BCUT2D eigenvalue weighted by atomic mass is 10.1. The van der Waals surface area contributed by atoms with Gasteiger partial charge in [-0.2, -0.15) is 0 Å². The number of fused-ring (bicyclic) bond motifs is 1. The lowest BCUT2D eigenvalue weighted by molar-refractivity contribution is 0.963. The molecule has 1 aliphatic rings. The first-order valence-corrected chi connectivity index (χ1v) is 6.49. The molecule has 0 spiro atoms. The average molecular weight is 251 g/mol. The SMILES string of the molecule is O=c1[nH]c2cccnc2n1-c1ccccc1C1CC1. The van der Waals surface area contributed by atoms with Crippen LogP contribution < -0.4 is 5.69 Å². The van der Waals surface area contributed by atoms with E-state index in [4.69, 9.17) is 0 Å². The fourth-order valence-corrected chi connectivity index (χ4v) is 2.59. The zero-order valence-corrected chi connectivity index (χ0v) is 10.3. The van der Waals surface area contributed by atoms with Gasteiger partial charge >= 0.3 is 5.69 Å². The second-order valence-corrected chi connectivity index (χ2v) is 4.97. The molecule has 1 fully saturated rings. The first-order valence-electron chi connectivity index (χ1n) is 6.49. The molecule has 0 bridgehead atoms. The predicted molar refractivity (Wildman–Crippen MR) is 73.7 cm³/mol. The van der Waals surface area contributed by atoms with E-state index in [1.807, 2.05) is 30.3 Å². The highest BCUT2D eigenvalue weighted by Gasteiger charge is 2.27. The Morgan fingerprint density at radius 1 is 1.16 bits per heavy atom.